The minimum absolute atomic E-state index is 0.104. The van der Waals surface area contributed by atoms with E-state index in [0.29, 0.717) is 16.1 Å². The molecular weight excluding hydrogens is 362 g/mol. The zero-order chi connectivity index (χ0) is 18.0. The molecule has 0 saturated heterocycles. The quantitative estimate of drug-likeness (QED) is 0.735. The number of hydrogen-bond acceptors (Lipinski definition) is 5. The van der Waals surface area contributed by atoms with Gasteiger partial charge in [-0.2, -0.15) is 0 Å². The predicted octanol–water partition coefficient (Wildman–Crippen LogP) is 3.49. The highest BCUT2D eigenvalue weighted by atomic mass is 35.5. The zero-order valence-electron chi connectivity index (χ0n) is 13.7. The fraction of sp³-hybridized carbons (Fsp3) is 0.176. The van der Waals surface area contributed by atoms with E-state index in [0.717, 1.165) is 5.56 Å². The van der Waals surface area contributed by atoms with Crippen LogP contribution in [0, 0.1) is 13.8 Å². The first kappa shape index (κ1) is 17.6. The molecule has 0 spiro atoms. The Bertz CT molecular complexity index is 1020. The zero-order valence-corrected chi connectivity index (χ0v) is 15.2. The Labute approximate surface area is 150 Å². The van der Waals surface area contributed by atoms with Crippen LogP contribution in [0.5, 0.6) is 0 Å². The van der Waals surface area contributed by atoms with Gasteiger partial charge in [0.1, 0.15) is 0 Å². The third kappa shape index (κ3) is 3.89. The number of aromatic nitrogens is 2. The molecule has 0 radical (unpaired) electrons. The summed E-state index contributed by atoms with van der Waals surface area (Å²) in [5.41, 5.74) is 2.13. The molecule has 0 unspecified atom stereocenters. The lowest BCUT2D eigenvalue weighted by atomic mass is 10.2. The number of benzene rings is 2. The summed E-state index contributed by atoms with van der Waals surface area (Å²) in [6.45, 7) is 3.48. The van der Waals surface area contributed by atoms with Gasteiger partial charge in [-0.3, -0.25) is 0 Å². The largest absolute Gasteiger partial charge is 0.419 e. The summed E-state index contributed by atoms with van der Waals surface area (Å²) in [4.78, 5) is 0.235. The molecule has 8 heteroatoms. The van der Waals surface area contributed by atoms with Crippen molar-refractivity contribution in [1.82, 2.24) is 14.9 Å². The van der Waals surface area contributed by atoms with Crippen LogP contribution in [0.3, 0.4) is 0 Å². The van der Waals surface area contributed by atoms with Crippen LogP contribution in [0.2, 0.25) is 5.02 Å². The Morgan fingerprint density at radius 2 is 1.88 bits per heavy atom. The lowest BCUT2D eigenvalue weighted by Crippen LogP contribution is -2.24. The molecule has 130 valence electrons. The first-order valence-electron chi connectivity index (χ1n) is 7.51. The molecule has 0 aliphatic heterocycles. The molecule has 2 aromatic carbocycles. The van der Waals surface area contributed by atoms with Gasteiger partial charge in [-0.15, -0.1) is 10.2 Å². The third-order valence-electron chi connectivity index (χ3n) is 3.62. The van der Waals surface area contributed by atoms with Crippen LogP contribution in [-0.2, 0) is 16.6 Å². The number of nitrogens with zero attached hydrogens (tertiary/aromatic N) is 2. The standard InChI is InChI=1S/C17H16ClN3O3S/c1-11-7-8-12(2)15(9-11)25(22,23)19-10-16-20-21-17(24-16)13-5-3-4-6-14(13)18/h3-9,19H,10H2,1-2H3. The average molecular weight is 378 g/mol. The van der Waals surface area contributed by atoms with Crippen molar-refractivity contribution in [2.24, 2.45) is 0 Å². The maximum absolute atomic E-state index is 12.5. The van der Waals surface area contributed by atoms with Crippen LogP contribution in [0.25, 0.3) is 11.5 Å². The van der Waals surface area contributed by atoms with E-state index in [2.05, 4.69) is 14.9 Å². The van der Waals surface area contributed by atoms with Crippen LogP contribution >= 0.6 is 11.6 Å². The minimum atomic E-state index is -3.68. The Kier molecular flexibility index (Phi) is 4.89. The van der Waals surface area contributed by atoms with Crippen LogP contribution in [0.4, 0.5) is 0 Å². The second-order valence-electron chi connectivity index (χ2n) is 5.57. The summed E-state index contributed by atoms with van der Waals surface area (Å²) < 4.78 is 33.0. The van der Waals surface area contributed by atoms with Crippen molar-refractivity contribution in [3.05, 3.63) is 64.5 Å². The Balaban J connectivity index is 1.78. The van der Waals surface area contributed by atoms with Crippen molar-refractivity contribution < 1.29 is 12.8 Å². The second-order valence-corrected chi connectivity index (χ2v) is 7.72. The van der Waals surface area contributed by atoms with Crippen LogP contribution < -0.4 is 4.72 Å². The SMILES string of the molecule is Cc1ccc(C)c(S(=O)(=O)NCc2nnc(-c3ccccc3Cl)o2)c1. The molecule has 0 fully saturated rings. The highest BCUT2D eigenvalue weighted by Gasteiger charge is 2.19. The molecule has 1 aromatic heterocycles. The van der Waals surface area contributed by atoms with E-state index >= 15 is 0 Å². The molecule has 1 heterocycles. The predicted molar refractivity (Wildman–Crippen MR) is 94.7 cm³/mol. The topological polar surface area (TPSA) is 85.1 Å². The Morgan fingerprint density at radius 1 is 1.12 bits per heavy atom. The number of rotatable bonds is 5. The molecule has 0 aliphatic carbocycles. The summed E-state index contributed by atoms with van der Waals surface area (Å²) >= 11 is 6.09. The van der Waals surface area contributed by atoms with E-state index in [-0.39, 0.29) is 23.2 Å². The van der Waals surface area contributed by atoms with Gasteiger partial charge in [-0.05, 0) is 43.2 Å². The number of halogens is 1. The van der Waals surface area contributed by atoms with E-state index in [9.17, 15) is 8.42 Å². The molecule has 25 heavy (non-hydrogen) atoms. The van der Waals surface area contributed by atoms with E-state index < -0.39 is 10.0 Å². The van der Waals surface area contributed by atoms with Crippen LogP contribution in [-0.4, -0.2) is 18.6 Å². The highest BCUT2D eigenvalue weighted by molar-refractivity contribution is 7.89. The molecule has 0 saturated carbocycles. The van der Waals surface area contributed by atoms with Gasteiger partial charge in [0.05, 0.1) is 22.0 Å². The molecule has 3 aromatic rings. The van der Waals surface area contributed by atoms with Crippen molar-refractivity contribution in [2.75, 3.05) is 0 Å². The van der Waals surface area contributed by atoms with E-state index in [4.69, 9.17) is 16.0 Å². The van der Waals surface area contributed by atoms with E-state index in [1.165, 1.54) is 0 Å². The summed E-state index contributed by atoms with van der Waals surface area (Å²) in [5, 5.41) is 8.26. The van der Waals surface area contributed by atoms with Crippen molar-refractivity contribution in [3.63, 3.8) is 0 Å². The van der Waals surface area contributed by atoms with Gasteiger partial charge in [0.2, 0.25) is 21.8 Å². The Hall–Kier alpha value is -2.22. The lowest BCUT2D eigenvalue weighted by Gasteiger charge is -2.08. The van der Waals surface area contributed by atoms with Gasteiger partial charge in [0.15, 0.2) is 0 Å². The molecule has 3 rings (SSSR count). The maximum atomic E-state index is 12.5. The van der Waals surface area contributed by atoms with E-state index in [1.807, 2.05) is 13.0 Å². The summed E-state index contributed by atoms with van der Waals surface area (Å²) in [6, 6.07) is 12.3. The molecule has 0 aliphatic rings. The smallest absolute Gasteiger partial charge is 0.249 e. The monoisotopic (exact) mass is 377 g/mol. The normalized spacial score (nSPS) is 11.6. The van der Waals surface area contributed by atoms with Crippen LogP contribution in [0.15, 0.2) is 51.8 Å². The number of hydrogen-bond donors (Lipinski definition) is 1. The summed E-state index contributed by atoms with van der Waals surface area (Å²) in [5.74, 6) is 0.398. The fourth-order valence-corrected chi connectivity index (χ4v) is 3.82. The fourth-order valence-electron chi connectivity index (χ4n) is 2.30. The molecular formula is C17H16ClN3O3S. The van der Waals surface area contributed by atoms with Crippen molar-refractivity contribution in [3.8, 4) is 11.5 Å². The van der Waals surface area contributed by atoms with E-state index in [1.54, 1.807) is 43.3 Å². The van der Waals surface area contributed by atoms with Gasteiger partial charge in [0, 0.05) is 0 Å². The van der Waals surface area contributed by atoms with Crippen LogP contribution in [0.1, 0.15) is 17.0 Å². The minimum Gasteiger partial charge on any atom is -0.419 e. The third-order valence-corrected chi connectivity index (χ3v) is 5.49. The molecule has 0 atom stereocenters. The first-order valence-corrected chi connectivity index (χ1v) is 9.37. The summed E-state index contributed by atoms with van der Waals surface area (Å²) in [6.07, 6.45) is 0. The van der Waals surface area contributed by atoms with Gasteiger partial charge < -0.3 is 4.42 Å². The number of nitrogens with one attached hydrogen (secondary N) is 1. The lowest BCUT2D eigenvalue weighted by molar-refractivity contribution is 0.494. The molecule has 0 bridgehead atoms. The van der Waals surface area contributed by atoms with Gasteiger partial charge >= 0.3 is 0 Å². The number of sulfonamides is 1. The van der Waals surface area contributed by atoms with Gasteiger partial charge in [-0.1, -0.05) is 35.9 Å². The summed E-state index contributed by atoms with van der Waals surface area (Å²) in [7, 11) is -3.68. The van der Waals surface area contributed by atoms with Gasteiger partial charge in [0.25, 0.3) is 0 Å². The Morgan fingerprint density at radius 3 is 2.64 bits per heavy atom. The van der Waals surface area contributed by atoms with Gasteiger partial charge in [-0.25, -0.2) is 13.1 Å². The molecule has 0 amide bonds. The second kappa shape index (κ2) is 6.95. The maximum Gasteiger partial charge on any atom is 0.249 e. The highest BCUT2D eigenvalue weighted by Crippen LogP contribution is 2.26. The van der Waals surface area contributed by atoms with Crippen molar-refractivity contribution in [2.45, 2.75) is 25.3 Å². The van der Waals surface area contributed by atoms with Crippen molar-refractivity contribution in [1.29, 1.82) is 0 Å². The number of aryl methyl sites for hydroxylation is 2. The average Bonchev–Trinajstić information content (AvgIpc) is 3.04. The first-order chi connectivity index (χ1) is 11.9. The van der Waals surface area contributed by atoms with Crippen molar-refractivity contribution >= 4 is 21.6 Å². The molecule has 6 nitrogen and oxygen atoms in total. The molecule has 1 N–H and O–H groups in total.